The van der Waals surface area contributed by atoms with Crippen LogP contribution in [0.15, 0.2) is 28.7 Å². The Hall–Kier alpha value is -0.580. The van der Waals surface area contributed by atoms with Crippen molar-refractivity contribution in [2.75, 3.05) is 13.1 Å². The summed E-state index contributed by atoms with van der Waals surface area (Å²) in [5, 5.41) is 2.88. The fourth-order valence-corrected chi connectivity index (χ4v) is 1.84. The Morgan fingerprint density at radius 1 is 1.35 bits per heavy atom. The number of nitrogens with one attached hydrogen (secondary N) is 1. The molecule has 0 radical (unpaired) electrons. The number of unbranched alkanes of at least 4 members (excludes halogenated alkanes) is 1. The van der Waals surface area contributed by atoms with Gasteiger partial charge in [-0.05, 0) is 37.1 Å². The van der Waals surface area contributed by atoms with Gasteiger partial charge in [-0.25, -0.2) is 0 Å². The van der Waals surface area contributed by atoms with Crippen LogP contribution in [0.1, 0.15) is 18.4 Å². The molecule has 0 aliphatic carbocycles. The fourth-order valence-electron chi connectivity index (χ4n) is 1.39. The average molecular weight is 322 g/mol. The van der Waals surface area contributed by atoms with Gasteiger partial charge in [-0.2, -0.15) is 0 Å². The third-order valence-electron chi connectivity index (χ3n) is 2.21. The highest BCUT2D eigenvalue weighted by atomic mass is 79.9. The van der Waals surface area contributed by atoms with Crippen LogP contribution in [0.25, 0.3) is 0 Å². The van der Waals surface area contributed by atoms with E-state index >= 15 is 0 Å². The summed E-state index contributed by atoms with van der Waals surface area (Å²) in [6.45, 7) is 1.39. The van der Waals surface area contributed by atoms with Crippen LogP contribution in [-0.4, -0.2) is 19.0 Å². The van der Waals surface area contributed by atoms with Gasteiger partial charge in [0.15, 0.2) is 0 Å². The first kappa shape index (κ1) is 16.4. The van der Waals surface area contributed by atoms with Crippen molar-refractivity contribution in [2.45, 2.75) is 19.3 Å². The number of hydrogen-bond donors (Lipinski definition) is 2. The van der Waals surface area contributed by atoms with E-state index in [-0.39, 0.29) is 18.3 Å². The van der Waals surface area contributed by atoms with E-state index in [0.717, 1.165) is 22.9 Å². The number of benzene rings is 1. The zero-order valence-corrected chi connectivity index (χ0v) is 12.0. The molecule has 0 aliphatic heterocycles. The molecule has 0 atom stereocenters. The first-order valence-electron chi connectivity index (χ1n) is 5.43. The Labute approximate surface area is 117 Å². The van der Waals surface area contributed by atoms with Crippen molar-refractivity contribution in [3.05, 3.63) is 34.3 Å². The predicted molar refractivity (Wildman–Crippen MR) is 76.4 cm³/mol. The standard InChI is InChI=1S/C12H17BrN2O.ClH/c13-11-5-3-4-10(8-11)9-12(16)15-7-2-1-6-14;/h3-5,8H,1-2,6-7,9,14H2,(H,15,16);1H. The van der Waals surface area contributed by atoms with Crippen molar-refractivity contribution in [3.63, 3.8) is 0 Å². The van der Waals surface area contributed by atoms with E-state index in [9.17, 15) is 4.79 Å². The van der Waals surface area contributed by atoms with Gasteiger partial charge in [0.2, 0.25) is 5.91 Å². The molecule has 3 N–H and O–H groups in total. The summed E-state index contributed by atoms with van der Waals surface area (Å²) in [6, 6.07) is 7.79. The van der Waals surface area contributed by atoms with E-state index in [1.54, 1.807) is 0 Å². The highest BCUT2D eigenvalue weighted by Crippen LogP contribution is 2.11. The second-order valence-electron chi connectivity index (χ2n) is 3.65. The number of hydrogen-bond acceptors (Lipinski definition) is 2. The minimum Gasteiger partial charge on any atom is -0.356 e. The van der Waals surface area contributed by atoms with E-state index in [0.29, 0.717) is 19.5 Å². The smallest absolute Gasteiger partial charge is 0.224 e. The van der Waals surface area contributed by atoms with Crippen LogP contribution in [0, 0.1) is 0 Å². The van der Waals surface area contributed by atoms with Crippen LogP contribution in [-0.2, 0) is 11.2 Å². The Morgan fingerprint density at radius 2 is 2.12 bits per heavy atom. The number of rotatable bonds is 6. The Morgan fingerprint density at radius 3 is 2.76 bits per heavy atom. The molecule has 5 heteroatoms. The largest absolute Gasteiger partial charge is 0.356 e. The van der Waals surface area contributed by atoms with Crippen LogP contribution in [0.4, 0.5) is 0 Å². The molecule has 0 saturated carbocycles. The third-order valence-corrected chi connectivity index (χ3v) is 2.70. The Kier molecular flexibility index (Phi) is 9.13. The first-order valence-corrected chi connectivity index (χ1v) is 6.23. The molecule has 0 unspecified atom stereocenters. The lowest BCUT2D eigenvalue weighted by atomic mass is 10.1. The number of carbonyl (C=O) groups excluding carboxylic acids is 1. The molecule has 0 spiro atoms. The number of nitrogens with two attached hydrogens (primary N) is 1. The van der Waals surface area contributed by atoms with E-state index in [1.165, 1.54) is 0 Å². The van der Waals surface area contributed by atoms with Crippen molar-refractivity contribution < 1.29 is 4.79 Å². The van der Waals surface area contributed by atoms with Crippen molar-refractivity contribution in [1.29, 1.82) is 0 Å². The highest BCUT2D eigenvalue weighted by molar-refractivity contribution is 9.10. The van der Waals surface area contributed by atoms with Gasteiger partial charge in [0.05, 0.1) is 6.42 Å². The van der Waals surface area contributed by atoms with E-state index in [2.05, 4.69) is 21.2 Å². The van der Waals surface area contributed by atoms with E-state index in [4.69, 9.17) is 5.73 Å². The molecule has 96 valence electrons. The molecule has 1 aromatic carbocycles. The van der Waals surface area contributed by atoms with Crippen LogP contribution in [0.2, 0.25) is 0 Å². The lowest BCUT2D eigenvalue weighted by Gasteiger charge is -2.05. The van der Waals surface area contributed by atoms with Gasteiger partial charge in [0.1, 0.15) is 0 Å². The topological polar surface area (TPSA) is 55.1 Å². The molecule has 0 saturated heterocycles. The fraction of sp³-hybridized carbons (Fsp3) is 0.417. The highest BCUT2D eigenvalue weighted by Gasteiger charge is 2.02. The predicted octanol–water partition coefficient (Wildman–Crippen LogP) is 2.27. The third kappa shape index (κ3) is 7.36. The zero-order chi connectivity index (χ0) is 11.8. The first-order chi connectivity index (χ1) is 7.72. The molecule has 1 aromatic rings. The van der Waals surface area contributed by atoms with Crippen LogP contribution < -0.4 is 11.1 Å². The summed E-state index contributed by atoms with van der Waals surface area (Å²) in [6.07, 6.45) is 2.33. The van der Waals surface area contributed by atoms with Crippen molar-refractivity contribution in [3.8, 4) is 0 Å². The van der Waals surface area contributed by atoms with Gasteiger partial charge in [-0.15, -0.1) is 12.4 Å². The molecule has 3 nitrogen and oxygen atoms in total. The van der Waals surface area contributed by atoms with Crippen LogP contribution in [0.3, 0.4) is 0 Å². The Bertz CT molecular complexity index is 347. The summed E-state index contributed by atoms with van der Waals surface area (Å²) in [7, 11) is 0. The molecule has 1 rings (SSSR count). The summed E-state index contributed by atoms with van der Waals surface area (Å²) in [4.78, 5) is 11.5. The number of amides is 1. The molecule has 17 heavy (non-hydrogen) atoms. The van der Waals surface area contributed by atoms with Gasteiger partial charge in [-0.1, -0.05) is 28.1 Å². The van der Waals surface area contributed by atoms with Gasteiger partial charge >= 0.3 is 0 Å². The molecule has 1 amide bonds. The lowest BCUT2D eigenvalue weighted by molar-refractivity contribution is -0.120. The normalized spacial score (nSPS) is 9.53. The van der Waals surface area contributed by atoms with Crippen molar-refractivity contribution in [1.82, 2.24) is 5.32 Å². The maximum absolute atomic E-state index is 11.5. The minimum absolute atomic E-state index is 0. The van der Waals surface area contributed by atoms with E-state index < -0.39 is 0 Å². The minimum atomic E-state index is 0. The summed E-state index contributed by atoms with van der Waals surface area (Å²) < 4.78 is 1.00. The quantitative estimate of drug-likeness (QED) is 0.790. The zero-order valence-electron chi connectivity index (χ0n) is 9.62. The van der Waals surface area contributed by atoms with Crippen molar-refractivity contribution >= 4 is 34.2 Å². The molecular formula is C12H18BrClN2O. The molecular weight excluding hydrogens is 304 g/mol. The summed E-state index contributed by atoms with van der Waals surface area (Å²) in [5.74, 6) is 0.0649. The second-order valence-corrected chi connectivity index (χ2v) is 4.57. The van der Waals surface area contributed by atoms with Gasteiger partial charge < -0.3 is 11.1 Å². The summed E-state index contributed by atoms with van der Waals surface area (Å²) in [5.41, 5.74) is 6.39. The molecule has 0 aliphatic rings. The monoisotopic (exact) mass is 320 g/mol. The second kappa shape index (κ2) is 9.45. The number of halogens is 2. The SMILES string of the molecule is Cl.NCCCCNC(=O)Cc1cccc(Br)c1. The maximum Gasteiger partial charge on any atom is 0.224 e. The molecule has 0 fully saturated rings. The van der Waals surface area contributed by atoms with Crippen LogP contribution in [0.5, 0.6) is 0 Å². The molecule has 0 heterocycles. The Balaban J connectivity index is 0.00000256. The molecule has 0 aromatic heterocycles. The van der Waals surface area contributed by atoms with Gasteiger partial charge in [0, 0.05) is 11.0 Å². The molecule has 0 bridgehead atoms. The van der Waals surface area contributed by atoms with Crippen molar-refractivity contribution in [2.24, 2.45) is 5.73 Å². The summed E-state index contributed by atoms with van der Waals surface area (Å²) >= 11 is 3.38. The lowest BCUT2D eigenvalue weighted by Crippen LogP contribution is -2.26. The average Bonchev–Trinajstić information content (AvgIpc) is 2.24. The van der Waals surface area contributed by atoms with Gasteiger partial charge in [0.25, 0.3) is 0 Å². The number of carbonyl (C=O) groups is 1. The van der Waals surface area contributed by atoms with E-state index in [1.807, 2.05) is 24.3 Å². The van der Waals surface area contributed by atoms with Crippen LogP contribution >= 0.6 is 28.3 Å². The van der Waals surface area contributed by atoms with Gasteiger partial charge in [-0.3, -0.25) is 4.79 Å². The maximum atomic E-state index is 11.5.